The van der Waals surface area contributed by atoms with E-state index >= 15 is 0 Å². The van der Waals surface area contributed by atoms with Crippen molar-refractivity contribution in [1.29, 1.82) is 0 Å². The summed E-state index contributed by atoms with van der Waals surface area (Å²) in [5.74, 6) is 0. The van der Waals surface area contributed by atoms with Crippen LogP contribution in [0.3, 0.4) is 0 Å². The van der Waals surface area contributed by atoms with Crippen LogP contribution in [0.1, 0.15) is 156 Å². The van der Waals surface area contributed by atoms with E-state index in [9.17, 15) is 0 Å². The van der Waals surface area contributed by atoms with E-state index < -0.39 is 0 Å². The molecule has 4 fully saturated rings. The van der Waals surface area contributed by atoms with Crippen molar-refractivity contribution in [3.05, 3.63) is 0 Å². The molecule has 0 aromatic carbocycles. The molecule has 4 aliphatic rings. The monoisotopic (exact) mass is 753 g/mol. The van der Waals surface area contributed by atoms with Crippen molar-refractivity contribution in [3.8, 4) is 0 Å². The van der Waals surface area contributed by atoms with Crippen molar-refractivity contribution < 1.29 is 37.9 Å². The van der Waals surface area contributed by atoms with Gasteiger partial charge < -0.3 is 37.9 Å². The quantitative estimate of drug-likeness (QED) is 0.0586. The number of ether oxygens (including phenoxy) is 8. The minimum atomic E-state index is 0.283. The Labute approximate surface area is 326 Å². The van der Waals surface area contributed by atoms with Crippen LogP contribution in [-0.4, -0.2) is 106 Å². The summed E-state index contributed by atoms with van der Waals surface area (Å²) < 4.78 is 46.7. The van der Waals surface area contributed by atoms with Crippen molar-refractivity contribution in [3.63, 3.8) is 0 Å². The Bertz CT molecular complexity index is 754. The second kappa shape index (κ2) is 24.5. The molecule has 4 rings (SSSR count). The number of rotatable bonds is 36. The van der Waals surface area contributed by atoms with E-state index in [0.29, 0.717) is 5.41 Å². The normalized spacial score (nSPS) is 21.1. The van der Waals surface area contributed by atoms with Crippen LogP contribution in [0.15, 0.2) is 0 Å². The molecule has 0 unspecified atom stereocenters. The Balaban J connectivity index is 1.22. The minimum absolute atomic E-state index is 0.283. The van der Waals surface area contributed by atoms with Crippen LogP contribution in [0, 0.1) is 27.1 Å². The number of hydrogen-bond donors (Lipinski definition) is 0. The molecule has 4 heterocycles. The van der Waals surface area contributed by atoms with Gasteiger partial charge in [0.05, 0.1) is 79.3 Å². The van der Waals surface area contributed by atoms with E-state index in [1.54, 1.807) is 0 Å². The summed E-state index contributed by atoms with van der Waals surface area (Å²) in [4.78, 5) is 0. The van der Waals surface area contributed by atoms with Gasteiger partial charge in [0.2, 0.25) is 0 Å². The van der Waals surface area contributed by atoms with Crippen LogP contribution >= 0.6 is 0 Å². The second-order valence-electron chi connectivity index (χ2n) is 18.3. The minimum Gasteiger partial charge on any atom is -0.381 e. The first kappa shape index (κ1) is 45.4. The molecule has 0 aromatic heterocycles. The molecule has 0 aliphatic carbocycles. The predicted molar refractivity (Wildman–Crippen MR) is 214 cm³/mol. The first-order chi connectivity index (χ1) is 25.9. The van der Waals surface area contributed by atoms with Gasteiger partial charge in [-0.1, -0.05) is 79.1 Å². The van der Waals surface area contributed by atoms with Crippen LogP contribution in [0.5, 0.6) is 0 Å². The zero-order valence-electron chi connectivity index (χ0n) is 35.2. The standard InChI is InChI=1S/C45H84O8/c1-5-41(33-50-34-41)29-46-25-17-9-13-21-45(22-14-10-18-26-47-30-42(6-2)35-51-36-42,23-15-11-19-27-48-31-43(7-3)37-52-38-43)24-16-12-20-28-49-32-44(8-4)39-53-40-44/h5-40H2,1-4H3. The third-order valence-corrected chi connectivity index (χ3v) is 13.9. The molecule has 312 valence electrons. The highest BCUT2D eigenvalue weighted by atomic mass is 16.5. The molecule has 4 aliphatic heterocycles. The van der Waals surface area contributed by atoms with Gasteiger partial charge in [0, 0.05) is 48.1 Å². The average molecular weight is 753 g/mol. The van der Waals surface area contributed by atoms with Crippen LogP contribution in [-0.2, 0) is 37.9 Å². The Kier molecular flexibility index (Phi) is 20.9. The summed E-state index contributed by atoms with van der Waals surface area (Å²) in [6.45, 7) is 23.0. The van der Waals surface area contributed by atoms with Crippen LogP contribution in [0.2, 0.25) is 0 Å². The second-order valence-corrected chi connectivity index (χ2v) is 18.3. The lowest BCUT2D eigenvalue weighted by Crippen LogP contribution is -2.45. The van der Waals surface area contributed by atoms with Crippen molar-refractivity contribution >= 4 is 0 Å². The summed E-state index contributed by atoms with van der Waals surface area (Å²) in [6, 6.07) is 0. The molecule has 0 atom stereocenters. The third kappa shape index (κ3) is 15.2. The van der Waals surface area contributed by atoms with Gasteiger partial charge >= 0.3 is 0 Å². The highest BCUT2D eigenvalue weighted by Gasteiger charge is 2.39. The summed E-state index contributed by atoms with van der Waals surface area (Å²) in [7, 11) is 0. The lowest BCUT2D eigenvalue weighted by Gasteiger charge is -2.40. The Hall–Kier alpha value is -0.320. The smallest absolute Gasteiger partial charge is 0.0566 e. The fourth-order valence-corrected chi connectivity index (χ4v) is 8.55. The molecule has 0 bridgehead atoms. The summed E-state index contributed by atoms with van der Waals surface area (Å²) in [5.41, 5.74) is 1.56. The zero-order valence-corrected chi connectivity index (χ0v) is 35.2. The van der Waals surface area contributed by atoms with Gasteiger partial charge in [-0.15, -0.1) is 0 Å². The lowest BCUT2D eigenvalue weighted by atomic mass is 9.70. The van der Waals surface area contributed by atoms with Gasteiger partial charge in [-0.3, -0.25) is 0 Å². The molecular formula is C45H84O8. The van der Waals surface area contributed by atoms with E-state index in [0.717, 1.165) is 131 Å². The van der Waals surface area contributed by atoms with Gasteiger partial charge in [-0.05, 0) is 82.5 Å². The fourth-order valence-electron chi connectivity index (χ4n) is 8.55. The molecule has 53 heavy (non-hydrogen) atoms. The SMILES string of the molecule is CCC1(COCCCCCC(CCCCCOCC2(CC)COC2)(CCCCCOCC2(CC)COC2)CCCCCOCC2(CC)COC2)COC1. The first-order valence-corrected chi connectivity index (χ1v) is 22.5. The predicted octanol–water partition coefficient (Wildman–Crippen LogP) is 9.99. The van der Waals surface area contributed by atoms with Gasteiger partial charge in [0.25, 0.3) is 0 Å². The van der Waals surface area contributed by atoms with Crippen molar-refractivity contribution in [2.75, 3.05) is 106 Å². The largest absolute Gasteiger partial charge is 0.381 e. The Morgan fingerprint density at radius 2 is 0.566 bits per heavy atom. The fraction of sp³-hybridized carbons (Fsp3) is 1.00. The summed E-state index contributed by atoms with van der Waals surface area (Å²) in [5, 5.41) is 0. The van der Waals surface area contributed by atoms with E-state index in [1.807, 2.05) is 0 Å². The molecule has 8 heteroatoms. The number of unbranched alkanes of at least 4 members (excludes halogenated alkanes) is 8. The highest BCUT2D eigenvalue weighted by Crippen LogP contribution is 2.42. The van der Waals surface area contributed by atoms with Crippen molar-refractivity contribution in [2.24, 2.45) is 27.1 Å². The lowest BCUT2D eigenvalue weighted by molar-refractivity contribution is -0.150. The van der Waals surface area contributed by atoms with Crippen molar-refractivity contribution in [1.82, 2.24) is 0 Å². The Morgan fingerprint density at radius 3 is 0.736 bits per heavy atom. The Morgan fingerprint density at radius 1 is 0.340 bits per heavy atom. The van der Waals surface area contributed by atoms with E-state index in [-0.39, 0.29) is 21.7 Å². The maximum Gasteiger partial charge on any atom is 0.0566 e. The third-order valence-electron chi connectivity index (χ3n) is 13.9. The average Bonchev–Trinajstić information content (AvgIpc) is 3.10. The summed E-state index contributed by atoms with van der Waals surface area (Å²) >= 11 is 0. The zero-order chi connectivity index (χ0) is 37.6. The topological polar surface area (TPSA) is 73.8 Å². The van der Waals surface area contributed by atoms with Crippen LogP contribution < -0.4 is 0 Å². The van der Waals surface area contributed by atoms with Gasteiger partial charge in [0.1, 0.15) is 0 Å². The molecule has 4 saturated heterocycles. The van der Waals surface area contributed by atoms with E-state index in [4.69, 9.17) is 37.9 Å². The molecule has 0 amide bonds. The molecule has 0 saturated carbocycles. The van der Waals surface area contributed by atoms with Crippen LogP contribution in [0.25, 0.3) is 0 Å². The van der Waals surface area contributed by atoms with Gasteiger partial charge in [-0.2, -0.15) is 0 Å². The van der Waals surface area contributed by atoms with Crippen LogP contribution in [0.4, 0.5) is 0 Å². The highest BCUT2D eigenvalue weighted by molar-refractivity contribution is 4.86. The maximum absolute atomic E-state index is 6.18. The summed E-state index contributed by atoms with van der Waals surface area (Å²) in [6.07, 6.45) is 25.0. The molecular weight excluding hydrogens is 668 g/mol. The van der Waals surface area contributed by atoms with E-state index in [1.165, 1.54) is 103 Å². The molecule has 0 spiro atoms. The molecule has 0 N–H and O–H groups in total. The maximum atomic E-state index is 6.18. The molecule has 0 aromatic rings. The van der Waals surface area contributed by atoms with E-state index in [2.05, 4.69) is 27.7 Å². The molecule has 0 radical (unpaired) electrons. The first-order valence-electron chi connectivity index (χ1n) is 22.5. The van der Waals surface area contributed by atoms with Gasteiger partial charge in [-0.25, -0.2) is 0 Å². The van der Waals surface area contributed by atoms with Crippen molar-refractivity contribution in [2.45, 2.75) is 156 Å². The number of hydrogen-bond acceptors (Lipinski definition) is 8. The van der Waals surface area contributed by atoms with Gasteiger partial charge in [0.15, 0.2) is 0 Å². The molecule has 8 nitrogen and oxygen atoms in total.